The second-order valence-electron chi connectivity index (χ2n) is 5.19. The maximum Gasteiger partial charge on any atom is 0.351 e. The molecule has 3 rings (SSSR count). The lowest BCUT2D eigenvalue weighted by molar-refractivity contribution is 0.371. The van der Waals surface area contributed by atoms with Gasteiger partial charge in [0.15, 0.2) is 0 Å². The third kappa shape index (κ3) is 2.68. The smallest absolute Gasteiger partial charge is 0.246 e. The molecule has 0 amide bonds. The fourth-order valence-corrected chi connectivity index (χ4v) is 3.23. The molecule has 1 aliphatic rings. The van der Waals surface area contributed by atoms with Crippen LogP contribution in [0.2, 0.25) is 10.0 Å². The summed E-state index contributed by atoms with van der Waals surface area (Å²) in [5.41, 5.74) is -0.255. The van der Waals surface area contributed by atoms with Crippen LogP contribution in [0, 0.1) is 0 Å². The van der Waals surface area contributed by atoms with E-state index >= 15 is 0 Å². The SMILES string of the molecule is O=c1n(-c2cc(Cl)cc(Cl)c2)c(=O)n2n1CCCCCC2. The highest BCUT2D eigenvalue weighted by Crippen LogP contribution is 2.20. The molecule has 7 heteroatoms. The summed E-state index contributed by atoms with van der Waals surface area (Å²) in [6, 6.07) is 4.72. The van der Waals surface area contributed by atoms with Gasteiger partial charge in [0.25, 0.3) is 0 Å². The van der Waals surface area contributed by atoms with Crippen molar-refractivity contribution >= 4 is 23.2 Å². The first-order valence-electron chi connectivity index (χ1n) is 6.97. The minimum absolute atomic E-state index is 0.333. The number of hydrogen-bond donors (Lipinski definition) is 0. The third-order valence-electron chi connectivity index (χ3n) is 3.71. The predicted octanol–water partition coefficient (Wildman–Crippen LogP) is 2.68. The first kappa shape index (κ1) is 14.5. The van der Waals surface area contributed by atoms with Crippen molar-refractivity contribution < 1.29 is 0 Å². The quantitative estimate of drug-likeness (QED) is 0.808. The summed E-state index contributed by atoms with van der Waals surface area (Å²) < 4.78 is 4.19. The zero-order chi connectivity index (χ0) is 15.0. The van der Waals surface area contributed by atoms with Crippen LogP contribution in [-0.2, 0) is 13.1 Å². The lowest BCUT2D eigenvalue weighted by Gasteiger charge is -2.12. The molecule has 0 radical (unpaired) electrons. The highest BCUT2D eigenvalue weighted by molar-refractivity contribution is 6.34. The summed E-state index contributed by atoms with van der Waals surface area (Å²) in [5, 5.41) is 0.792. The Morgan fingerprint density at radius 2 is 1.24 bits per heavy atom. The van der Waals surface area contributed by atoms with Gasteiger partial charge in [-0.05, 0) is 31.0 Å². The molecular weight excluding hydrogens is 313 g/mol. The molecule has 0 N–H and O–H groups in total. The Bertz CT molecular complexity index is 729. The number of hydrogen-bond acceptors (Lipinski definition) is 2. The Kier molecular flexibility index (Phi) is 3.95. The van der Waals surface area contributed by atoms with Gasteiger partial charge < -0.3 is 0 Å². The van der Waals surface area contributed by atoms with Crippen LogP contribution >= 0.6 is 23.2 Å². The number of fused-ring (bicyclic) bond motifs is 1. The van der Waals surface area contributed by atoms with Gasteiger partial charge in [-0.1, -0.05) is 36.0 Å². The van der Waals surface area contributed by atoms with E-state index in [0.29, 0.717) is 28.8 Å². The van der Waals surface area contributed by atoms with Crippen molar-refractivity contribution in [3.05, 3.63) is 49.2 Å². The number of nitrogens with zero attached hydrogens (tertiary/aromatic N) is 3. The summed E-state index contributed by atoms with van der Waals surface area (Å²) in [7, 11) is 0. The van der Waals surface area contributed by atoms with Gasteiger partial charge in [0.2, 0.25) is 0 Å². The molecule has 2 aromatic rings. The molecule has 1 aromatic carbocycles. The first-order valence-corrected chi connectivity index (χ1v) is 7.72. The van der Waals surface area contributed by atoms with Gasteiger partial charge in [-0.15, -0.1) is 0 Å². The Labute approximate surface area is 131 Å². The summed E-state index contributed by atoms with van der Waals surface area (Å²) >= 11 is 11.9. The molecule has 1 aliphatic heterocycles. The van der Waals surface area contributed by atoms with E-state index in [9.17, 15) is 9.59 Å². The molecule has 0 atom stereocenters. The lowest BCUT2D eigenvalue weighted by Crippen LogP contribution is -2.28. The van der Waals surface area contributed by atoms with Crippen molar-refractivity contribution in [2.24, 2.45) is 0 Å². The zero-order valence-electron chi connectivity index (χ0n) is 11.4. The predicted molar refractivity (Wildman–Crippen MR) is 82.8 cm³/mol. The second-order valence-corrected chi connectivity index (χ2v) is 6.06. The van der Waals surface area contributed by atoms with Gasteiger partial charge in [-0.3, -0.25) is 0 Å². The Hall–Kier alpha value is -1.46. The van der Waals surface area contributed by atoms with E-state index in [0.717, 1.165) is 30.3 Å². The lowest BCUT2D eigenvalue weighted by atomic mass is 10.2. The van der Waals surface area contributed by atoms with E-state index in [2.05, 4.69) is 0 Å². The zero-order valence-corrected chi connectivity index (χ0v) is 12.9. The van der Waals surface area contributed by atoms with Gasteiger partial charge in [0.05, 0.1) is 5.69 Å². The number of rotatable bonds is 1. The van der Waals surface area contributed by atoms with Crippen LogP contribution in [-0.4, -0.2) is 13.9 Å². The standard InChI is InChI=1S/C14H15Cl2N3O2/c15-10-7-11(16)9-12(8-10)19-13(20)17-5-3-1-2-4-6-18(17)14(19)21/h7-9H,1-6H2. The van der Waals surface area contributed by atoms with E-state index in [1.54, 1.807) is 18.2 Å². The summed E-state index contributed by atoms with van der Waals surface area (Å²) in [6.07, 6.45) is 3.96. The molecule has 0 unspecified atom stereocenters. The highest BCUT2D eigenvalue weighted by atomic mass is 35.5. The molecule has 0 saturated carbocycles. The number of aromatic nitrogens is 3. The molecule has 0 fully saturated rings. The van der Waals surface area contributed by atoms with Crippen LogP contribution in [0.15, 0.2) is 27.8 Å². The summed E-state index contributed by atoms with van der Waals surface area (Å²) in [6.45, 7) is 1.13. The number of halogens is 2. The Morgan fingerprint density at radius 1 is 0.762 bits per heavy atom. The highest BCUT2D eigenvalue weighted by Gasteiger charge is 2.18. The van der Waals surface area contributed by atoms with Gasteiger partial charge >= 0.3 is 11.4 Å². The first-order chi connectivity index (χ1) is 10.1. The average molecular weight is 328 g/mol. The minimum atomic E-state index is -0.333. The molecule has 112 valence electrons. The van der Waals surface area contributed by atoms with Crippen LogP contribution in [0.5, 0.6) is 0 Å². The normalized spacial score (nSPS) is 15.3. The molecule has 5 nitrogen and oxygen atoms in total. The van der Waals surface area contributed by atoms with Gasteiger partial charge in [0, 0.05) is 23.1 Å². The fraction of sp³-hybridized carbons (Fsp3) is 0.429. The minimum Gasteiger partial charge on any atom is -0.246 e. The van der Waals surface area contributed by atoms with E-state index < -0.39 is 0 Å². The van der Waals surface area contributed by atoms with E-state index in [4.69, 9.17) is 23.2 Å². The van der Waals surface area contributed by atoms with Crippen LogP contribution < -0.4 is 11.4 Å². The van der Waals surface area contributed by atoms with Crippen LogP contribution in [0.25, 0.3) is 5.69 Å². The molecule has 0 spiro atoms. The van der Waals surface area contributed by atoms with E-state index in [1.165, 1.54) is 9.36 Å². The second kappa shape index (κ2) is 5.73. The summed E-state index contributed by atoms with van der Waals surface area (Å²) in [4.78, 5) is 25.1. The van der Waals surface area contributed by atoms with Crippen molar-refractivity contribution in [1.82, 2.24) is 13.9 Å². The molecule has 1 aromatic heterocycles. The van der Waals surface area contributed by atoms with E-state index in [1.807, 2.05) is 0 Å². The molecular formula is C14H15Cl2N3O2. The Morgan fingerprint density at radius 3 is 1.71 bits per heavy atom. The van der Waals surface area contributed by atoms with Crippen molar-refractivity contribution in [3.63, 3.8) is 0 Å². The molecule has 21 heavy (non-hydrogen) atoms. The van der Waals surface area contributed by atoms with Gasteiger partial charge in [-0.25, -0.2) is 23.5 Å². The molecule has 0 bridgehead atoms. The monoisotopic (exact) mass is 327 g/mol. The van der Waals surface area contributed by atoms with Crippen molar-refractivity contribution in [2.45, 2.75) is 38.8 Å². The summed E-state index contributed by atoms with van der Waals surface area (Å²) in [5.74, 6) is 0. The third-order valence-corrected chi connectivity index (χ3v) is 4.15. The fourth-order valence-electron chi connectivity index (χ4n) is 2.72. The molecule has 0 saturated heterocycles. The maximum absolute atomic E-state index is 12.5. The number of benzene rings is 1. The van der Waals surface area contributed by atoms with Crippen LogP contribution in [0.4, 0.5) is 0 Å². The molecule has 0 aliphatic carbocycles. The topological polar surface area (TPSA) is 48.9 Å². The van der Waals surface area contributed by atoms with Crippen LogP contribution in [0.1, 0.15) is 25.7 Å². The molecule has 2 heterocycles. The van der Waals surface area contributed by atoms with Crippen molar-refractivity contribution in [1.29, 1.82) is 0 Å². The van der Waals surface area contributed by atoms with Crippen molar-refractivity contribution in [3.8, 4) is 5.69 Å². The van der Waals surface area contributed by atoms with Gasteiger partial charge in [0.1, 0.15) is 0 Å². The Balaban J connectivity index is 2.22. The van der Waals surface area contributed by atoms with E-state index in [-0.39, 0.29) is 11.4 Å². The van der Waals surface area contributed by atoms with Crippen LogP contribution in [0.3, 0.4) is 0 Å². The largest absolute Gasteiger partial charge is 0.351 e. The average Bonchev–Trinajstić information content (AvgIpc) is 2.58. The van der Waals surface area contributed by atoms with Gasteiger partial charge in [-0.2, -0.15) is 0 Å². The van der Waals surface area contributed by atoms with Crippen molar-refractivity contribution in [2.75, 3.05) is 0 Å². The maximum atomic E-state index is 12.5.